The Morgan fingerprint density at radius 1 is 1.33 bits per heavy atom. The Balaban J connectivity index is 1.52. The second-order valence-electron chi connectivity index (χ2n) is 5.76. The SMILES string of the molecule is CCCCn1nnnc1COC(=O)CNC(=O)c1sc2ccccc2c1Cl. The summed E-state index contributed by atoms with van der Waals surface area (Å²) in [5.41, 5.74) is 0. The van der Waals surface area contributed by atoms with E-state index in [0.717, 1.165) is 22.9 Å². The molecule has 0 atom stereocenters. The number of thiophene rings is 1. The Bertz CT molecular complexity index is 955. The summed E-state index contributed by atoms with van der Waals surface area (Å²) >= 11 is 7.54. The van der Waals surface area contributed by atoms with Crippen molar-refractivity contribution < 1.29 is 14.3 Å². The van der Waals surface area contributed by atoms with Gasteiger partial charge in [-0.25, -0.2) is 4.68 Å². The number of hydrogen-bond acceptors (Lipinski definition) is 7. The number of benzene rings is 1. The summed E-state index contributed by atoms with van der Waals surface area (Å²) in [5, 5.41) is 15.0. The first-order chi connectivity index (χ1) is 13.1. The Morgan fingerprint density at radius 3 is 2.93 bits per heavy atom. The lowest BCUT2D eigenvalue weighted by Gasteiger charge is -2.06. The molecule has 1 amide bonds. The molecular formula is C17H18ClN5O3S. The number of fused-ring (bicyclic) bond motifs is 1. The number of tetrazole rings is 1. The van der Waals surface area contributed by atoms with Crippen molar-refractivity contribution in [3.63, 3.8) is 0 Å². The average molecular weight is 408 g/mol. The molecular weight excluding hydrogens is 390 g/mol. The topological polar surface area (TPSA) is 99.0 Å². The summed E-state index contributed by atoms with van der Waals surface area (Å²) in [6.07, 6.45) is 1.93. The van der Waals surface area contributed by atoms with E-state index in [1.165, 1.54) is 11.3 Å². The van der Waals surface area contributed by atoms with E-state index in [1.807, 2.05) is 24.3 Å². The van der Waals surface area contributed by atoms with Gasteiger partial charge in [0.25, 0.3) is 5.91 Å². The van der Waals surface area contributed by atoms with Crippen LogP contribution in [-0.2, 0) is 22.7 Å². The van der Waals surface area contributed by atoms with E-state index in [1.54, 1.807) is 4.68 Å². The largest absolute Gasteiger partial charge is 0.456 e. The number of halogens is 1. The van der Waals surface area contributed by atoms with Gasteiger partial charge in [0.05, 0.1) is 5.02 Å². The van der Waals surface area contributed by atoms with Crippen LogP contribution in [0, 0.1) is 0 Å². The minimum Gasteiger partial charge on any atom is -0.456 e. The van der Waals surface area contributed by atoms with E-state index in [0.29, 0.717) is 22.3 Å². The third kappa shape index (κ3) is 4.61. The number of nitrogens with one attached hydrogen (secondary N) is 1. The molecule has 0 aliphatic carbocycles. The zero-order chi connectivity index (χ0) is 19.2. The van der Waals surface area contributed by atoms with Crippen LogP contribution in [0.4, 0.5) is 0 Å². The number of nitrogens with zero attached hydrogens (tertiary/aromatic N) is 4. The second-order valence-corrected chi connectivity index (χ2v) is 7.19. The first kappa shape index (κ1) is 19.2. The number of aryl methyl sites for hydroxylation is 1. The predicted molar refractivity (Wildman–Crippen MR) is 102 cm³/mol. The summed E-state index contributed by atoms with van der Waals surface area (Å²) < 4.78 is 7.65. The van der Waals surface area contributed by atoms with Crippen LogP contribution in [0.25, 0.3) is 10.1 Å². The molecule has 0 radical (unpaired) electrons. The van der Waals surface area contributed by atoms with E-state index in [-0.39, 0.29) is 13.2 Å². The van der Waals surface area contributed by atoms with Crippen LogP contribution in [0.2, 0.25) is 5.02 Å². The molecule has 8 nitrogen and oxygen atoms in total. The smallest absolute Gasteiger partial charge is 0.325 e. The molecule has 1 aromatic carbocycles. The van der Waals surface area contributed by atoms with Crippen molar-refractivity contribution in [1.29, 1.82) is 0 Å². The number of unbranched alkanes of at least 4 members (excludes halogenated alkanes) is 1. The van der Waals surface area contributed by atoms with Crippen molar-refractivity contribution in [1.82, 2.24) is 25.5 Å². The molecule has 10 heteroatoms. The number of hydrogen-bond donors (Lipinski definition) is 1. The summed E-state index contributed by atoms with van der Waals surface area (Å²) in [7, 11) is 0. The highest BCUT2D eigenvalue weighted by molar-refractivity contribution is 7.21. The molecule has 0 fully saturated rings. The average Bonchev–Trinajstić information content (AvgIpc) is 3.27. The summed E-state index contributed by atoms with van der Waals surface area (Å²) in [5.74, 6) is -0.521. The van der Waals surface area contributed by atoms with E-state index < -0.39 is 11.9 Å². The van der Waals surface area contributed by atoms with Gasteiger partial charge in [0.15, 0.2) is 12.4 Å². The highest BCUT2D eigenvalue weighted by Gasteiger charge is 2.18. The monoisotopic (exact) mass is 407 g/mol. The zero-order valence-electron chi connectivity index (χ0n) is 14.6. The lowest BCUT2D eigenvalue weighted by atomic mass is 10.2. The van der Waals surface area contributed by atoms with Crippen LogP contribution in [-0.4, -0.2) is 38.6 Å². The van der Waals surface area contributed by atoms with E-state index in [4.69, 9.17) is 16.3 Å². The minimum atomic E-state index is -0.578. The van der Waals surface area contributed by atoms with E-state index in [2.05, 4.69) is 27.8 Å². The van der Waals surface area contributed by atoms with Crippen LogP contribution in [0.3, 0.4) is 0 Å². The molecule has 0 unspecified atom stereocenters. The zero-order valence-corrected chi connectivity index (χ0v) is 16.2. The third-order valence-corrected chi connectivity index (χ3v) is 5.50. The number of esters is 1. The first-order valence-corrected chi connectivity index (χ1v) is 9.65. The van der Waals surface area contributed by atoms with Crippen LogP contribution >= 0.6 is 22.9 Å². The molecule has 0 saturated heterocycles. The normalized spacial score (nSPS) is 10.9. The second kappa shape index (κ2) is 8.92. The van der Waals surface area contributed by atoms with Crippen LogP contribution in [0.5, 0.6) is 0 Å². The van der Waals surface area contributed by atoms with Gasteiger partial charge in [-0.1, -0.05) is 43.1 Å². The van der Waals surface area contributed by atoms with Crippen LogP contribution in [0.1, 0.15) is 35.3 Å². The van der Waals surface area contributed by atoms with Gasteiger partial charge in [0.2, 0.25) is 0 Å². The Hall–Kier alpha value is -2.52. The van der Waals surface area contributed by atoms with Gasteiger partial charge in [-0.2, -0.15) is 0 Å². The van der Waals surface area contributed by atoms with Gasteiger partial charge in [0.1, 0.15) is 11.4 Å². The molecule has 0 saturated carbocycles. The van der Waals surface area contributed by atoms with Gasteiger partial charge in [-0.3, -0.25) is 9.59 Å². The number of aromatic nitrogens is 4. The number of carbonyl (C=O) groups excluding carboxylic acids is 2. The van der Waals surface area contributed by atoms with Crippen molar-refractivity contribution in [2.24, 2.45) is 0 Å². The lowest BCUT2D eigenvalue weighted by Crippen LogP contribution is -2.30. The van der Waals surface area contributed by atoms with Crippen molar-refractivity contribution in [3.8, 4) is 0 Å². The maximum Gasteiger partial charge on any atom is 0.325 e. The van der Waals surface area contributed by atoms with Gasteiger partial charge >= 0.3 is 5.97 Å². The highest BCUT2D eigenvalue weighted by Crippen LogP contribution is 2.34. The Kier molecular flexibility index (Phi) is 6.36. The predicted octanol–water partition coefficient (Wildman–Crippen LogP) is 2.81. The molecule has 2 heterocycles. The van der Waals surface area contributed by atoms with E-state index in [9.17, 15) is 9.59 Å². The van der Waals surface area contributed by atoms with Crippen LogP contribution in [0.15, 0.2) is 24.3 Å². The lowest BCUT2D eigenvalue weighted by molar-refractivity contribution is -0.144. The number of rotatable bonds is 8. The molecule has 1 N–H and O–H groups in total. The minimum absolute atomic E-state index is 0.0466. The maximum atomic E-state index is 12.3. The molecule has 0 spiro atoms. The number of amides is 1. The highest BCUT2D eigenvalue weighted by atomic mass is 35.5. The fourth-order valence-electron chi connectivity index (χ4n) is 2.40. The third-order valence-electron chi connectivity index (χ3n) is 3.83. The quantitative estimate of drug-likeness (QED) is 0.576. The summed E-state index contributed by atoms with van der Waals surface area (Å²) in [6.45, 7) is 2.42. The number of carbonyl (C=O) groups is 2. The van der Waals surface area contributed by atoms with Crippen molar-refractivity contribution in [2.75, 3.05) is 6.54 Å². The van der Waals surface area contributed by atoms with Gasteiger partial charge in [-0.05, 0) is 22.9 Å². The molecule has 3 aromatic rings. The standard InChI is InChI=1S/C17H18ClN5O3S/c1-2-3-8-23-13(20-21-22-23)10-26-14(24)9-19-17(25)16-15(18)11-6-4-5-7-12(11)27-16/h4-7H,2-3,8-10H2,1H3,(H,19,25). The van der Waals surface area contributed by atoms with Gasteiger partial charge < -0.3 is 10.1 Å². The number of ether oxygens (including phenoxy) is 1. The van der Waals surface area contributed by atoms with Crippen molar-refractivity contribution in [2.45, 2.75) is 32.9 Å². The Labute approximate surface area is 164 Å². The fourth-order valence-corrected chi connectivity index (χ4v) is 3.83. The molecule has 2 aromatic heterocycles. The first-order valence-electron chi connectivity index (χ1n) is 8.46. The van der Waals surface area contributed by atoms with Crippen molar-refractivity contribution in [3.05, 3.63) is 40.0 Å². The molecule has 0 aliphatic rings. The molecule has 142 valence electrons. The van der Waals surface area contributed by atoms with Gasteiger partial charge in [0, 0.05) is 16.6 Å². The fraction of sp³-hybridized carbons (Fsp3) is 0.353. The molecule has 27 heavy (non-hydrogen) atoms. The van der Waals surface area contributed by atoms with E-state index >= 15 is 0 Å². The summed E-state index contributed by atoms with van der Waals surface area (Å²) in [4.78, 5) is 24.6. The maximum absolute atomic E-state index is 12.3. The Morgan fingerprint density at radius 2 is 2.15 bits per heavy atom. The molecule has 0 aliphatic heterocycles. The molecule has 3 rings (SSSR count). The summed E-state index contributed by atoms with van der Waals surface area (Å²) in [6, 6.07) is 7.47. The van der Waals surface area contributed by atoms with Crippen molar-refractivity contribution >= 4 is 44.9 Å². The van der Waals surface area contributed by atoms with Crippen LogP contribution < -0.4 is 5.32 Å². The molecule has 0 bridgehead atoms. The van der Waals surface area contributed by atoms with Gasteiger partial charge in [-0.15, -0.1) is 16.4 Å².